The Hall–Kier alpha value is -3.74. The van der Waals surface area contributed by atoms with Crippen LogP contribution in [0.2, 0.25) is 5.02 Å². The summed E-state index contributed by atoms with van der Waals surface area (Å²) < 4.78 is 48.0. The fraction of sp³-hybridized carbons (Fsp3) is 0.308. The predicted octanol–water partition coefficient (Wildman–Crippen LogP) is 5.09. The van der Waals surface area contributed by atoms with Gasteiger partial charge in [0, 0.05) is 23.7 Å². The molecule has 1 fully saturated rings. The molecule has 0 spiro atoms. The number of rotatable bonds is 7. The standard InChI is InChI=1S/C26H23ClF3N5O4/c27-18-7-9-19(10-8-18)35-22(26(28,29)30)20(12-31-35)24-32-23(33-39-24)16-5-3-15(4-6-16)21(36)14-34-11-1-2-17(13-34)25(37)38/h3-10,12,17,21,36H,1-2,11,13-14H2,(H,37,38). The van der Waals surface area contributed by atoms with E-state index >= 15 is 0 Å². The fourth-order valence-electron chi connectivity index (χ4n) is 4.63. The predicted molar refractivity (Wildman–Crippen MR) is 134 cm³/mol. The molecule has 9 nitrogen and oxygen atoms in total. The Labute approximate surface area is 225 Å². The van der Waals surface area contributed by atoms with E-state index in [-0.39, 0.29) is 29.5 Å². The van der Waals surface area contributed by atoms with Crippen molar-refractivity contribution in [3.05, 3.63) is 71.0 Å². The number of halogens is 4. The maximum absolute atomic E-state index is 14.0. The minimum atomic E-state index is -4.77. The molecule has 3 heterocycles. The van der Waals surface area contributed by atoms with Gasteiger partial charge in [0.1, 0.15) is 0 Å². The number of aliphatic hydroxyl groups is 1. The third kappa shape index (κ3) is 5.82. The van der Waals surface area contributed by atoms with Crippen molar-refractivity contribution in [1.82, 2.24) is 24.8 Å². The molecule has 2 N–H and O–H groups in total. The number of carbonyl (C=O) groups is 1. The zero-order valence-electron chi connectivity index (χ0n) is 20.3. The van der Waals surface area contributed by atoms with Gasteiger partial charge in [-0.05, 0) is 49.2 Å². The van der Waals surface area contributed by atoms with E-state index in [1.165, 1.54) is 24.3 Å². The highest BCUT2D eigenvalue weighted by Gasteiger charge is 2.40. The monoisotopic (exact) mass is 561 g/mol. The van der Waals surface area contributed by atoms with E-state index in [1.54, 1.807) is 24.3 Å². The summed E-state index contributed by atoms with van der Waals surface area (Å²) in [6.07, 6.45) is -3.23. The topological polar surface area (TPSA) is 118 Å². The van der Waals surface area contributed by atoms with Crippen molar-refractivity contribution < 1.29 is 32.7 Å². The summed E-state index contributed by atoms with van der Waals surface area (Å²) in [5, 5.41) is 28.0. The van der Waals surface area contributed by atoms with Crippen molar-refractivity contribution in [2.45, 2.75) is 25.1 Å². The van der Waals surface area contributed by atoms with Gasteiger partial charge >= 0.3 is 12.1 Å². The van der Waals surface area contributed by atoms with Crippen molar-refractivity contribution in [3.63, 3.8) is 0 Å². The van der Waals surface area contributed by atoms with Crippen molar-refractivity contribution in [1.29, 1.82) is 0 Å². The second-order valence-electron chi connectivity index (χ2n) is 9.29. The Kier molecular flexibility index (Phi) is 7.43. The highest BCUT2D eigenvalue weighted by molar-refractivity contribution is 6.30. The summed E-state index contributed by atoms with van der Waals surface area (Å²) >= 11 is 5.86. The van der Waals surface area contributed by atoms with E-state index in [9.17, 15) is 28.2 Å². The molecule has 0 amide bonds. The van der Waals surface area contributed by atoms with Crippen LogP contribution in [0.15, 0.2) is 59.3 Å². The third-order valence-corrected chi connectivity index (χ3v) is 6.86. The SMILES string of the molecule is O=C(O)C1CCCN(CC(O)c2ccc(-c3noc(-c4cnn(-c5ccc(Cl)cc5)c4C(F)(F)F)n3)cc2)C1. The largest absolute Gasteiger partial charge is 0.481 e. The first-order valence-electron chi connectivity index (χ1n) is 12.1. The Morgan fingerprint density at radius 3 is 2.54 bits per heavy atom. The number of carboxylic acids is 1. The van der Waals surface area contributed by atoms with Gasteiger partial charge in [-0.2, -0.15) is 23.3 Å². The number of likely N-dealkylation sites (tertiary alicyclic amines) is 1. The van der Waals surface area contributed by atoms with Crippen LogP contribution in [-0.2, 0) is 11.0 Å². The number of benzene rings is 2. The number of β-amino-alcohol motifs (C(OH)–C–C–N with tert-alkyl or cyclic N) is 1. The fourth-order valence-corrected chi connectivity index (χ4v) is 4.76. The quantitative estimate of drug-likeness (QED) is 0.320. The Balaban J connectivity index is 1.34. The van der Waals surface area contributed by atoms with Crippen molar-refractivity contribution in [3.8, 4) is 28.5 Å². The molecule has 13 heteroatoms. The maximum atomic E-state index is 14.0. The number of aliphatic hydroxyl groups excluding tert-OH is 1. The summed E-state index contributed by atoms with van der Waals surface area (Å²) in [5.74, 6) is -1.56. The van der Waals surface area contributed by atoms with Gasteiger partial charge in [-0.3, -0.25) is 9.69 Å². The van der Waals surface area contributed by atoms with Gasteiger partial charge < -0.3 is 14.7 Å². The van der Waals surface area contributed by atoms with Crippen molar-refractivity contribution in [2.24, 2.45) is 5.92 Å². The molecule has 0 radical (unpaired) electrons. The van der Waals surface area contributed by atoms with Gasteiger partial charge in [0.05, 0.1) is 29.5 Å². The van der Waals surface area contributed by atoms with E-state index < -0.39 is 29.9 Å². The van der Waals surface area contributed by atoms with Gasteiger partial charge in [0.25, 0.3) is 5.89 Å². The number of hydrogen-bond donors (Lipinski definition) is 2. The molecule has 1 aliphatic rings. The van der Waals surface area contributed by atoms with Crippen molar-refractivity contribution in [2.75, 3.05) is 19.6 Å². The van der Waals surface area contributed by atoms with Crippen LogP contribution in [0.3, 0.4) is 0 Å². The van der Waals surface area contributed by atoms with Crippen LogP contribution in [0.4, 0.5) is 13.2 Å². The van der Waals surface area contributed by atoms with E-state index in [1.807, 2.05) is 4.90 Å². The average Bonchev–Trinajstić information content (AvgIpc) is 3.57. The zero-order valence-corrected chi connectivity index (χ0v) is 21.1. The number of aromatic nitrogens is 4. The first-order valence-corrected chi connectivity index (χ1v) is 12.5. The molecule has 0 saturated carbocycles. The summed E-state index contributed by atoms with van der Waals surface area (Å²) in [7, 11) is 0. The Morgan fingerprint density at radius 1 is 1.15 bits per heavy atom. The summed E-state index contributed by atoms with van der Waals surface area (Å²) in [4.78, 5) is 17.4. The minimum absolute atomic E-state index is 0.0683. The number of carboxylic acid groups (broad SMARTS) is 1. The first-order chi connectivity index (χ1) is 18.6. The molecule has 1 aliphatic heterocycles. The van der Waals surface area contributed by atoms with Crippen LogP contribution in [0.5, 0.6) is 0 Å². The van der Waals surface area contributed by atoms with Gasteiger partial charge in [0.2, 0.25) is 5.82 Å². The minimum Gasteiger partial charge on any atom is -0.481 e. The average molecular weight is 562 g/mol. The lowest BCUT2D eigenvalue weighted by atomic mass is 9.97. The molecular formula is C26H23ClF3N5O4. The molecule has 2 unspecified atom stereocenters. The molecule has 2 aromatic carbocycles. The molecule has 5 rings (SSSR count). The van der Waals surface area contributed by atoms with Crippen LogP contribution in [0, 0.1) is 5.92 Å². The van der Waals surface area contributed by atoms with Gasteiger partial charge in [0.15, 0.2) is 5.69 Å². The lowest BCUT2D eigenvalue weighted by Crippen LogP contribution is -2.40. The smallest absolute Gasteiger partial charge is 0.434 e. The Morgan fingerprint density at radius 2 is 1.87 bits per heavy atom. The number of aliphatic carboxylic acids is 1. The maximum Gasteiger partial charge on any atom is 0.434 e. The molecule has 2 atom stereocenters. The summed E-state index contributed by atoms with van der Waals surface area (Å²) in [6.45, 7) is 1.37. The first kappa shape index (κ1) is 26.9. The molecular weight excluding hydrogens is 539 g/mol. The second-order valence-corrected chi connectivity index (χ2v) is 9.73. The molecule has 2 aromatic heterocycles. The van der Waals surface area contributed by atoms with Crippen molar-refractivity contribution >= 4 is 17.6 Å². The highest BCUT2D eigenvalue weighted by atomic mass is 35.5. The highest BCUT2D eigenvalue weighted by Crippen LogP contribution is 2.38. The molecule has 204 valence electrons. The lowest BCUT2D eigenvalue weighted by Gasteiger charge is -2.32. The lowest BCUT2D eigenvalue weighted by molar-refractivity contribution is -0.144. The van der Waals surface area contributed by atoms with E-state index in [2.05, 4.69) is 15.2 Å². The second kappa shape index (κ2) is 10.8. The van der Waals surface area contributed by atoms with Gasteiger partial charge in [-0.25, -0.2) is 4.68 Å². The van der Waals surface area contributed by atoms with Crippen LogP contribution in [-0.4, -0.2) is 60.6 Å². The van der Waals surface area contributed by atoms with Gasteiger partial charge in [-0.1, -0.05) is 41.0 Å². The summed E-state index contributed by atoms with van der Waals surface area (Å²) in [5.41, 5.74) is -0.201. The number of nitrogens with zero attached hydrogens (tertiary/aromatic N) is 5. The summed E-state index contributed by atoms with van der Waals surface area (Å²) in [6, 6.07) is 12.3. The Bertz CT molecular complexity index is 1450. The molecule has 0 bridgehead atoms. The van der Waals surface area contributed by atoms with Crippen LogP contribution in [0.1, 0.15) is 30.2 Å². The van der Waals surface area contributed by atoms with Crippen LogP contribution >= 0.6 is 11.6 Å². The third-order valence-electron chi connectivity index (χ3n) is 6.60. The molecule has 0 aliphatic carbocycles. The molecule has 39 heavy (non-hydrogen) atoms. The van der Waals surface area contributed by atoms with E-state index in [0.717, 1.165) is 17.3 Å². The number of hydrogen-bond acceptors (Lipinski definition) is 7. The molecule has 4 aromatic rings. The van der Waals surface area contributed by atoms with Crippen LogP contribution < -0.4 is 0 Å². The van der Waals surface area contributed by atoms with E-state index in [0.29, 0.717) is 35.7 Å². The zero-order chi connectivity index (χ0) is 27.7. The molecule has 1 saturated heterocycles. The number of piperidine rings is 1. The van der Waals surface area contributed by atoms with E-state index in [4.69, 9.17) is 16.1 Å². The van der Waals surface area contributed by atoms with Crippen LogP contribution in [0.25, 0.3) is 28.5 Å². The normalized spacial score (nSPS) is 17.3. The number of alkyl halides is 3. The van der Waals surface area contributed by atoms with Gasteiger partial charge in [-0.15, -0.1) is 0 Å².